The lowest BCUT2D eigenvalue weighted by molar-refractivity contribution is 0.226. The topological polar surface area (TPSA) is 15.3 Å². The highest BCUT2D eigenvalue weighted by Gasteiger charge is 2.20. The lowest BCUT2D eigenvalue weighted by atomic mass is 10.0. The number of rotatable bonds is 3. The maximum absolute atomic E-state index is 13.9. The zero-order chi connectivity index (χ0) is 13.1. The molecule has 1 aromatic rings. The van der Waals surface area contributed by atoms with Gasteiger partial charge in [0.25, 0.3) is 0 Å². The minimum atomic E-state index is -0.299. The van der Waals surface area contributed by atoms with Crippen LogP contribution in [-0.2, 0) is 0 Å². The molecule has 0 saturated carbocycles. The highest BCUT2D eigenvalue weighted by atomic mass is 35.5. The van der Waals surface area contributed by atoms with Crippen LogP contribution in [0.25, 0.3) is 0 Å². The van der Waals surface area contributed by atoms with Crippen LogP contribution in [0.1, 0.15) is 31.4 Å². The predicted molar refractivity (Wildman–Crippen MR) is 73.5 cm³/mol. The van der Waals surface area contributed by atoms with Gasteiger partial charge < -0.3 is 10.2 Å². The summed E-state index contributed by atoms with van der Waals surface area (Å²) < 4.78 is 13.9. The van der Waals surface area contributed by atoms with Crippen LogP contribution in [0.5, 0.6) is 0 Å². The van der Waals surface area contributed by atoms with E-state index in [0.29, 0.717) is 11.6 Å². The fourth-order valence-corrected chi connectivity index (χ4v) is 2.66. The second-order valence-electron chi connectivity index (χ2n) is 5.11. The molecular weight excluding hydrogens is 251 g/mol. The molecule has 0 aliphatic carbocycles. The van der Waals surface area contributed by atoms with Gasteiger partial charge in [-0.1, -0.05) is 23.7 Å². The third-order valence-corrected chi connectivity index (χ3v) is 3.94. The van der Waals surface area contributed by atoms with Gasteiger partial charge in [-0.2, -0.15) is 0 Å². The van der Waals surface area contributed by atoms with E-state index in [0.717, 1.165) is 25.9 Å². The Hall–Kier alpha value is -0.640. The lowest BCUT2D eigenvalue weighted by Crippen LogP contribution is -2.41. The van der Waals surface area contributed by atoms with Crippen molar-refractivity contribution in [3.63, 3.8) is 0 Å². The molecule has 0 aromatic heterocycles. The van der Waals surface area contributed by atoms with Gasteiger partial charge in [-0.15, -0.1) is 0 Å². The Morgan fingerprint density at radius 3 is 2.72 bits per heavy atom. The van der Waals surface area contributed by atoms with Gasteiger partial charge in [-0.3, -0.25) is 0 Å². The van der Waals surface area contributed by atoms with Crippen LogP contribution in [0.4, 0.5) is 4.39 Å². The molecule has 1 atom stereocenters. The normalized spacial score (nSPS) is 20.0. The first-order valence-electron chi connectivity index (χ1n) is 6.46. The van der Waals surface area contributed by atoms with Crippen LogP contribution in [0.2, 0.25) is 5.02 Å². The van der Waals surface area contributed by atoms with Gasteiger partial charge >= 0.3 is 0 Å². The molecule has 1 N–H and O–H groups in total. The average molecular weight is 271 g/mol. The first kappa shape index (κ1) is 13.8. The number of likely N-dealkylation sites (tertiary alicyclic amines) is 1. The number of nitrogens with zero attached hydrogens (tertiary/aromatic N) is 1. The molecule has 1 unspecified atom stereocenters. The van der Waals surface area contributed by atoms with E-state index in [9.17, 15) is 4.39 Å². The van der Waals surface area contributed by atoms with E-state index < -0.39 is 0 Å². The molecule has 1 saturated heterocycles. The summed E-state index contributed by atoms with van der Waals surface area (Å²) in [7, 11) is 2.14. The Morgan fingerprint density at radius 1 is 1.39 bits per heavy atom. The molecule has 1 fully saturated rings. The van der Waals surface area contributed by atoms with E-state index >= 15 is 0 Å². The Morgan fingerprint density at radius 2 is 2.06 bits per heavy atom. The van der Waals surface area contributed by atoms with Crippen LogP contribution in [0.3, 0.4) is 0 Å². The van der Waals surface area contributed by atoms with Crippen molar-refractivity contribution in [3.05, 3.63) is 34.6 Å². The van der Waals surface area contributed by atoms with E-state index in [4.69, 9.17) is 11.6 Å². The van der Waals surface area contributed by atoms with Gasteiger partial charge in [0.2, 0.25) is 0 Å². The zero-order valence-electron chi connectivity index (χ0n) is 10.9. The van der Waals surface area contributed by atoms with Crippen molar-refractivity contribution in [2.45, 2.75) is 31.8 Å². The Bertz CT molecular complexity index is 403. The highest BCUT2D eigenvalue weighted by molar-refractivity contribution is 6.30. The SMILES string of the molecule is CC(NC1CCN(C)CC1)c1cccc(Cl)c1F. The summed E-state index contributed by atoms with van der Waals surface area (Å²) in [6.07, 6.45) is 2.23. The third-order valence-electron chi connectivity index (χ3n) is 3.65. The van der Waals surface area contributed by atoms with Crippen LogP contribution < -0.4 is 5.32 Å². The molecule has 4 heteroatoms. The number of halogens is 2. The number of piperidine rings is 1. The minimum absolute atomic E-state index is 0.00268. The molecule has 0 spiro atoms. The van der Waals surface area contributed by atoms with Gasteiger partial charge in [0.1, 0.15) is 5.82 Å². The summed E-state index contributed by atoms with van der Waals surface area (Å²) in [4.78, 5) is 2.32. The first-order valence-corrected chi connectivity index (χ1v) is 6.84. The van der Waals surface area contributed by atoms with E-state index in [1.807, 2.05) is 6.92 Å². The second kappa shape index (κ2) is 6.00. The van der Waals surface area contributed by atoms with Crippen LogP contribution in [0.15, 0.2) is 18.2 Å². The van der Waals surface area contributed by atoms with Crippen molar-refractivity contribution in [3.8, 4) is 0 Å². The smallest absolute Gasteiger partial charge is 0.146 e. The molecule has 18 heavy (non-hydrogen) atoms. The third kappa shape index (κ3) is 3.22. The summed E-state index contributed by atoms with van der Waals surface area (Å²) in [5.41, 5.74) is 0.654. The molecule has 1 aliphatic rings. The molecule has 2 nitrogen and oxygen atoms in total. The molecule has 0 amide bonds. The number of nitrogens with one attached hydrogen (secondary N) is 1. The quantitative estimate of drug-likeness (QED) is 0.907. The fraction of sp³-hybridized carbons (Fsp3) is 0.571. The van der Waals surface area contributed by atoms with Crippen molar-refractivity contribution in [1.82, 2.24) is 10.2 Å². The van der Waals surface area contributed by atoms with Crippen molar-refractivity contribution in [2.75, 3.05) is 20.1 Å². The summed E-state index contributed by atoms with van der Waals surface area (Å²) >= 11 is 5.81. The Balaban J connectivity index is 1.99. The van der Waals surface area contributed by atoms with Crippen LogP contribution >= 0.6 is 11.6 Å². The van der Waals surface area contributed by atoms with E-state index in [1.165, 1.54) is 0 Å². The van der Waals surface area contributed by atoms with Gasteiger partial charge in [-0.25, -0.2) is 4.39 Å². The van der Waals surface area contributed by atoms with E-state index in [1.54, 1.807) is 18.2 Å². The molecular formula is C14H20ClFN2. The van der Waals surface area contributed by atoms with Gasteiger partial charge in [-0.05, 0) is 46.0 Å². The summed E-state index contributed by atoms with van der Waals surface area (Å²) in [5.74, 6) is -0.299. The first-order chi connectivity index (χ1) is 8.58. The molecule has 0 bridgehead atoms. The second-order valence-corrected chi connectivity index (χ2v) is 5.52. The average Bonchev–Trinajstić information content (AvgIpc) is 2.35. The fourth-order valence-electron chi connectivity index (χ4n) is 2.47. The maximum atomic E-state index is 13.9. The van der Waals surface area contributed by atoms with Gasteiger partial charge in [0.05, 0.1) is 5.02 Å². The van der Waals surface area contributed by atoms with Crippen molar-refractivity contribution >= 4 is 11.6 Å². The molecule has 1 aliphatic heterocycles. The monoisotopic (exact) mass is 270 g/mol. The number of hydrogen-bond acceptors (Lipinski definition) is 2. The summed E-state index contributed by atoms with van der Waals surface area (Å²) in [6.45, 7) is 4.19. The standard InChI is InChI=1S/C14H20ClFN2/c1-10(12-4-3-5-13(15)14(12)16)17-11-6-8-18(2)9-7-11/h3-5,10-11,17H,6-9H2,1-2H3. The molecule has 100 valence electrons. The predicted octanol–water partition coefficient (Wildman–Crippen LogP) is 3.22. The van der Waals surface area contributed by atoms with Crippen LogP contribution in [0, 0.1) is 5.82 Å². The van der Waals surface area contributed by atoms with E-state index in [2.05, 4.69) is 17.3 Å². The number of hydrogen-bond donors (Lipinski definition) is 1. The van der Waals surface area contributed by atoms with E-state index in [-0.39, 0.29) is 16.9 Å². The minimum Gasteiger partial charge on any atom is -0.307 e. The summed E-state index contributed by atoms with van der Waals surface area (Å²) in [6, 6.07) is 5.65. The van der Waals surface area contributed by atoms with Gasteiger partial charge in [0.15, 0.2) is 0 Å². The lowest BCUT2D eigenvalue weighted by Gasteiger charge is -2.31. The highest BCUT2D eigenvalue weighted by Crippen LogP contribution is 2.24. The van der Waals surface area contributed by atoms with Crippen molar-refractivity contribution in [1.29, 1.82) is 0 Å². The zero-order valence-corrected chi connectivity index (χ0v) is 11.7. The van der Waals surface area contributed by atoms with Crippen molar-refractivity contribution < 1.29 is 4.39 Å². The maximum Gasteiger partial charge on any atom is 0.146 e. The Kier molecular flexibility index (Phi) is 4.60. The van der Waals surface area contributed by atoms with Crippen LogP contribution in [-0.4, -0.2) is 31.1 Å². The summed E-state index contributed by atoms with van der Waals surface area (Å²) in [5, 5.41) is 3.70. The molecule has 0 radical (unpaired) electrons. The van der Waals surface area contributed by atoms with Crippen molar-refractivity contribution in [2.24, 2.45) is 0 Å². The molecule has 1 heterocycles. The Labute approximate surface area is 113 Å². The molecule has 1 aromatic carbocycles. The number of benzene rings is 1. The molecule has 2 rings (SSSR count). The van der Waals surface area contributed by atoms with Gasteiger partial charge in [0, 0.05) is 17.6 Å². The largest absolute Gasteiger partial charge is 0.307 e.